The summed E-state index contributed by atoms with van der Waals surface area (Å²) in [6.07, 6.45) is 0. The van der Waals surface area contributed by atoms with Crippen molar-refractivity contribution in [2.45, 2.75) is 0 Å². The van der Waals surface area contributed by atoms with Crippen LogP contribution < -0.4 is 0 Å². The van der Waals surface area contributed by atoms with Gasteiger partial charge in [-0.1, -0.05) is 0 Å². The van der Waals surface area contributed by atoms with Crippen LogP contribution in [0.2, 0.25) is 0 Å². The molecule has 8 nitrogen and oxygen atoms in total. The average molecular weight is 250 g/mol. The first-order valence-electron chi connectivity index (χ1n) is 0.698. The van der Waals surface area contributed by atoms with E-state index in [9.17, 15) is 0 Å². The molecule has 0 atom stereocenters. The Balaban J connectivity index is -0.00000000381. The van der Waals surface area contributed by atoms with Gasteiger partial charge in [0.05, 0.1) is 0 Å². The van der Waals surface area contributed by atoms with Gasteiger partial charge in [-0.3, -0.25) is 9.11 Å². The molecule has 0 spiro atoms. The van der Waals surface area contributed by atoms with Gasteiger partial charge >= 0.3 is 0 Å². The molecule has 0 rings (SSSR count). The fourth-order valence-electron chi connectivity index (χ4n) is 0. The number of rotatable bonds is 0. The van der Waals surface area contributed by atoms with Crippen molar-refractivity contribution in [2.75, 3.05) is 0 Å². The van der Waals surface area contributed by atoms with Crippen molar-refractivity contribution in [3.8, 4) is 0 Å². The molecular weight excluding hydrogens is 238 g/mol. The van der Waals surface area contributed by atoms with E-state index >= 15 is 0 Å². The van der Waals surface area contributed by atoms with Crippen LogP contribution in [0.5, 0.6) is 0 Å². The molecule has 0 aliphatic heterocycles. The van der Waals surface area contributed by atoms with Gasteiger partial charge in [-0.15, -0.1) is 0 Å². The maximum atomic E-state index is 9.11. The van der Waals surface area contributed by atoms with Gasteiger partial charge in [0.1, 0.15) is 0 Å². The van der Waals surface area contributed by atoms with Crippen LogP contribution in [0.1, 0.15) is 0 Å². The van der Waals surface area contributed by atoms with Gasteiger partial charge < -0.3 is 27.4 Å². The second-order valence-corrected chi connectivity index (χ2v) is 2.65. The van der Waals surface area contributed by atoms with Crippen molar-refractivity contribution < 1.29 is 40.7 Å². The van der Waals surface area contributed by atoms with Crippen LogP contribution in [-0.4, -0.2) is 99.8 Å². The SMILES string of the molecule is O.O.O.O.O.O=S(O)(O)=S.[Na].[Na]. The van der Waals surface area contributed by atoms with Crippen molar-refractivity contribution in [2.24, 2.45) is 0 Å². The van der Waals surface area contributed by atoms with Gasteiger partial charge in [-0.25, -0.2) is 0 Å². The molecular formula is H12Na2O8S2. The molecule has 0 amide bonds. The third kappa shape index (κ3) is 340. The molecule has 2 radical (unpaired) electrons. The molecule has 0 fully saturated rings. The minimum Gasteiger partial charge on any atom is -0.412 e. The molecule has 0 aromatic rings. The topological polar surface area (TPSA) is 215 Å². The Bertz CT molecular complexity index is 98.2. The molecule has 0 saturated heterocycles. The van der Waals surface area contributed by atoms with E-state index in [4.69, 9.17) is 13.3 Å². The van der Waals surface area contributed by atoms with Gasteiger partial charge in [0, 0.05) is 70.3 Å². The van der Waals surface area contributed by atoms with E-state index < -0.39 is 9.05 Å². The Morgan fingerprint density at radius 2 is 0.833 bits per heavy atom. The van der Waals surface area contributed by atoms with Crippen LogP contribution >= 0.6 is 0 Å². The largest absolute Gasteiger partial charge is 0.412 e. The predicted octanol–water partition coefficient (Wildman–Crippen LogP) is -5.21. The van der Waals surface area contributed by atoms with Crippen LogP contribution in [0.15, 0.2) is 0 Å². The Morgan fingerprint density at radius 3 is 0.833 bits per heavy atom. The summed E-state index contributed by atoms with van der Waals surface area (Å²) in [5, 5.41) is 0. The average Bonchev–Trinajstić information content (AvgIpc) is 0.722. The summed E-state index contributed by atoms with van der Waals surface area (Å²) in [5.41, 5.74) is 0. The molecule has 12 heteroatoms. The maximum Gasteiger partial charge on any atom is 0.263 e. The first-order valence-corrected chi connectivity index (χ1v) is 3.10. The van der Waals surface area contributed by atoms with Crippen LogP contribution in [-0.2, 0) is 20.2 Å². The number of hydrogen-bond acceptors (Lipinski definition) is 2. The van der Waals surface area contributed by atoms with Crippen molar-refractivity contribution in [3.63, 3.8) is 0 Å². The van der Waals surface area contributed by atoms with Crippen LogP contribution in [0.3, 0.4) is 0 Å². The van der Waals surface area contributed by atoms with Crippen LogP contribution in [0, 0.1) is 0 Å². The van der Waals surface area contributed by atoms with E-state index in [0.29, 0.717) is 0 Å². The second kappa shape index (κ2) is 29.2. The summed E-state index contributed by atoms with van der Waals surface area (Å²) in [4.78, 5) is 0. The summed E-state index contributed by atoms with van der Waals surface area (Å²) < 4.78 is 24.0. The Kier molecular flexibility index (Phi) is 159. The zero-order chi connectivity index (χ0) is 4.50. The van der Waals surface area contributed by atoms with E-state index in [1.165, 1.54) is 0 Å². The van der Waals surface area contributed by atoms with Gasteiger partial charge in [0.2, 0.25) is 0 Å². The number of hydrogen-bond donors (Lipinski definition) is 2. The second-order valence-electron chi connectivity index (χ2n) is 0.448. The standard InChI is InChI=1S/2Na.H2O3S2.5H2O/c;;1-5(2,3)4;;;;;/h;;(H2,1,2,3,4);5*1H2. The molecule has 0 aliphatic carbocycles. The summed E-state index contributed by atoms with van der Waals surface area (Å²) in [5.74, 6) is 0. The van der Waals surface area contributed by atoms with E-state index in [1.54, 1.807) is 0 Å². The third-order valence-corrected chi connectivity index (χ3v) is 0. The zero-order valence-corrected chi connectivity index (χ0v) is 12.3. The molecule has 0 unspecified atom stereocenters. The molecule has 0 bridgehead atoms. The van der Waals surface area contributed by atoms with E-state index in [2.05, 4.69) is 11.2 Å². The third-order valence-electron chi connectivity index (χ3n) is 0. The Hall–Kier alpha value is 2.09. The summed E-state index contributed by atoms with van der Waals surface area (Å²) >= 11 is 3.47. The summed E-state index contributed by atoms with van der Waals surface area (Å²) in [6.45, 7) is 0. The molecule has 0 aromatic carbocycles. The van der Waals surface area contributed by atoms with Crippen molar-refractivity contribution in [1.82, 2.24) is 0 Å². The molecule has 0 aliphatic rings. The first-order chi connectivity index (χ1) is 2.00. The predicted molar refractivity (Wildman–Crippen MR) is 50.3 cm³/mol. The molecule has 0 saturated carbocycles. The molecule has 0 heterocycles. The Morgan fingerprint density at radius 1 is 0.833 bits per heavy atom. The molecule has 12 N–H and O–H groups in total. The van der Waals surface area contributed by atoms with E-state index in [0.717, 1.165) is 0 Å². The van der Waals surface area contributed by atoms with Crippen LogP contribution in [0.25, 0.3) is 0 Å². The van der Waals surface area contributed by atoms with Gasteiger partial charge in [0.15, 0.2) is 0 Å². The zero-order valence-electron chi connectivity index (χ0n) is 6.62. The van der Waals surface area contributed by atoms with E-state index in [-0.39, 0.29) is 86.5 Å². The van der Waals surface area contributed by atoms with Crippen molar-refractivity contribution in [3.05, 3.63) is 0 Å². The van der Waals surface area contributed by atoms with Crippen molar-refractivity contribution in [1.29, 1.82) is 0 Å². The Labute approximate surface area is 119 Å². The summed E-state index contributed by atoms with van der Waals surface area (Å²) in [6, 6.07) is 0. The van der Waals surface area contributed by atoms with Crippen molar-refractivity contribution >= 4 is 79.4 Å². The van der Waals surface area contributed by atoms with Crippen LogP contribution in [0.4, 0.5) is 0 Å². The minimum atomic E-state index is -3.83. The van der Waals surface area contributed by atoms with Gasteiger partial charge in [-0.2, -0.15) is 4.21 Å². The normalized spacial score (nSPS) is 4.83. The van der Waals surface area contributed by atoms with Gasteiger partial charge in [-0.05, 0) is 0 Å². The first kappa shape index (κ1) is 65.1. The quantitative estimate of drug-likeness (QED) is 0.402. The monoisotopic (exact) mass is 250 g/mol. The fraction of sp³-hybridized carbons (Fsp3) is 0. The molecule has 12 heavy (non-hydrogen) atoms. The fourth-order valence-corrected chi connectivity index (χ4v) is 0. The van der Waals surface area contributed by atoms with Gasteiger partial charge in [0.25, 0.3) is 9.05 Å². The van der Waals surface area contributed by atoms with E-state index in [1.807, 2.05) is 0 Å². The molecule has 74 valence electrons. The molecule has 0 aromatic heterocycles. The summed E-state index contributed by atoms with van der Waals surface area (Å²) in [7, 11) is -3.83. The smallest absolute Gasteiger partial charge is 0.263 e. The minimum absolute atomic E-state index is 0. The maximum absolute atomic E-state index is 9.11.